The number of hydrogen-bond acceptors (Lipinski definition) is 3. The number of alkyl carbamates (subject to hydrolysis) is 1. The van der Waals surface area contributed by atoms with Crippen molar-refractivity contribution in [1.29, 1.82) is 0 Å². The summed E-state index contributed by atoms with van der Waals surface area (Å²) >= 11 is 10.9. The Labute approximate surface area is 154 Å². The van der Waals surface area contributed by atoms with Crippen LogP contribution in [-0.2, 0) is 10.9 Å². The highest BCUT2D eigenvalue weighted by Crippen LogP contribution is 2.33. The van der Waals surface area contributed by atoms with Crippen LogP contribution in [0.3, 0.4) is 0 Å². The molecule has 0 aliphatic rings. The van der Waals surface area contributed by atoms with Crippen LogP contribution in [0, 0.1) is 0 Å². The molecular weight excluding hydrogens is 379 g/mol. The largest absolute Gasteiger partial charge is 0.444 e. The Morgan fingerprint density at radius 2 is 1.80 bits per heavy atom. The van der Waals surface area contributed by atoms with E-state index < -0.39 is 23.4 Å². The molecule has 1 amide bonds. The molecule has 25 heavy (non-hydrogen) atoms. The van der Waals surface area contributed by atoms with Crippen LogP contribution in [0.25, 0.3) is 0 Å². The average Bonchev–Trinajstić information content (AvgIpc) is 2.43. The molecule has 140 valence electrons. The second-order valence-corrected chi connectivity index (χ2v) is 6.82. The predicted octanol–water partition coefficient (Wildman–Crippen LogP) is 4.17. The molecule has 1 rings (SSSR count). The highest BCUT2D eigenvalue weighted by molar-refractivity contribution is 7.80. The van der Waals surface area contributed by atoms with Crippen LogP contribution in [-0.4, -0.2) is 29.9 Å². The molecule has 0 saturated carbocycles. The number of hydrogen-bond donors (Lipinski definition) is 3. The Morgan fingerprint density at radius 1 is 1.20 bits per heavy atom. The zero-order valence-electron chi connectivity index (χ0n) is 13.9. The van der Waals surface area contributed by atoms with Gasteiger partial charge < -0.3 is 20.7 Å². The number of thiocarbonyl (C=S) groups is 1. The Kier molecular flexibility index (Phi) is 7.30. The van der Waals surface area contributed by atoms with E-state index in [0.717, 1.165) is 18.2 Å². The van der Waals surface area contributed by atoms with Gasteiger partial charge in [-0.1, -0.05) is 11.6 Å². The van der Waals surface area contributed by atoms with Gasteiger partial charge in [0, 0.05) is 13.1 Å². The second kappa shape index (κ2) is 8.57. The van der Waals surface area contributed by atoms with Crippen molar-refractivity contribution in [3.8, 4) is 0 Å². The lowest BCUT2D eigenvalue weighted by atomic mass is 10.2. The van der Waals surface area contributed by atoms with Gasteiger partial charge in [-0.3, -0.25) is 0 Å². The number of benzene rings is 1. The SMILES string of the molecule is CC(C)(C)OC(=O)NCCNC(=S)Nc1cc(C(F)(F)F)ccc1Cl. The minimum absolute atomic E-state index is 0.0362. The van der Waals surface area contributed by atoms with Gasteiger partial charge in [0.25, 0.3) is 0 Å². The first-order chi connectivity index (χ1) is 11.4. The van der Waals surface area contributed by atoms with E-state index in [-0.39, 0.29) is 28.9 Å². The van der Waals surface area contributed by atoms with Crippen LogP contribution in [0.1, 0.15) is 26.3 Å². The molecular formula is C15H19ClF3N3O2S. The number of amides is 1. The molecule has 0 unspecified atom stereocenters. The second-order valence-electron chi connectivity index (χ2n) is 6.00. The van der Waals surface area contributed by atoms with Crippen molar-refractivity contribution in [1.82, 2.24) is 10.6 Å². The van der Waals surface area contributed by atoms with E-state index in [0.29, 0.717) is 0 Å². The number of ether oxygens (including phenoxy) is 1. The molecule has 0 aromatic heterocycles. The van der Waals surface area contributed by atoms with Gasteiger partial charge in [0.05, 0.1) is 16.3 Å². The maximum absolute atomic E-state index is 12.7. The molecule has 0 aliphatic heterocycles. The van der Waals surface area contributed by atoms with Gasteiger partial charge in [-0.15, -0.1) is 0 Å². The van der Waals surface area contributed by atoms with Crippen LogP contribution >= 0.6 is 23.8 Å². The van der Waals surface area contributed by atoms with Crippen LogP contribution in [0.2, 0.25) is 5.02 Å². The van der Waals surface area contributed by atoms with Crippen molar-refractivity contribution >= 4 is 40.7 Å². The number of halogens is 4. The third-order valence-electron chi connectivity index (χ3n) is 2.62. The van der Waals surface area contributed by atoms with Crippen LogP contribution in [0.15, 0.2) is 18.2 Å². The minimum atomic E-state index is -4.48. The van der Waals surface area contributed by atoms with Gasteiger partial charge in [0.15, 0.2) is 5.11 Å². The van der Waals surface area contributed by atoms with E-state index in [2.05, 4.69) is 16.0 Å². The van der Waals surface area contributed by atoms with Gasteiger partial charge >= 0.3 is 12.3 Å². The Balaban J connectivity index is 2.46. The Bertz CT molecular complexity index is 633. The van der Waals surface area contributed by atoms with Crippen LogP contribution < -0.4 is 16.0 Å². The lowest BCUT2D eigenvalue weighted by Gasteiger charge is -2.20. The molecule has 0 bridgehead atoms. The summed E-state index contributed by atoms with van der Waals surface area (Å²) in [6, 6.07) is 2.89. The standard InChI is InChI=1S/C15H19ClF3N3O2S/c1-14(2,3)24-13(23)21-7-6-20-12(25)22-11-8-9(15(17,18)19)4-5-10(11)16/h4-5,8H,6-7H2,1-3H3,(H,21,23)(H2,20,22,25). The molecule has 0 radical (unpaired) electrons. The van der Waals surface area contributed by atoms with Gasteiger partial charge in [-0.2, -0.15) is 13.2 Å². The minimum Gasteiger partial charge on any atom is -0.444 e. The Morgan fingerprint density at radius 3 is 2.36 bits per heavy atom. The summed E-state index contributed by atoms with van der Waals surface area (Å²) < 4.78 is 43.2. The first kappa shape index (κ1) is 21.3. The van der Waals surface area contributed by atoms with Crippen molar-refractivity contribution in [2.24, 2.45) is 0 Å². The summed E-state index contributed by atoms with van der Waals surface area (Å²) in [5.41, 5.74) is -1.41. The van der Waals surface area contributed by atoms with E-state index in [1.165, 1.54) is 0 Å². The summed E-state index contributed by atoms with van der Waals surface area (Å²) in [4.78, 5) is 11.4. The fourth-order valence-electron chi connectivity index (χ4n) is 1.62. The molecule has 0 heterocycles. The van der Waals surface area contributed by atoms with Crippen LogP contribution in [0.4, 0.5) is 23.7 Å². The quantitative estimate of drug-likeness (QED) is 0.525. The molecule has 0 fully saturated rings. The molecule has 0 spiro atoms. The fourth-order valence-corrected chi connectivity index (χ4v) is 2.00. The lowest BCUT2D eigenvalue weighted by Crippen LogP contribution is -2.39. The van der Waals surface area contributed by atoms with Crippen molar-refractivity contribution in [3.63, 3.8) is 0 Å². The summed E-state index contributed by atoms with van der Waals surface area (Å²) in [5.74, 6) is 0. The van der Waals surface area contributed by atoms with Crippen molar-refractivity contribution in [2.75, 3.05) is 18.4 Å². The number of carbonyl (C=O) groups is 1. The smallest absolute Gasteiger partial charge is 0.416 e. The molecule has 1 aromatic rings. The Hall–Kier alpha value is -1.74. The normalized spacial score (nSPS) is 11.6. The van der Waals surface area contributed by atoms with E-state index in [1.54, 1.807) is 20.8 Å². The predicted molar refractivity (Wildman–Crippen MR) is 94.9 cm³/mol. The van der Waals surface area contributed by atoms with Gasteiger partial charge in [-0.05, 0) is 51.2 Å². The van der Waals surface area contributed by atoms with Crippen molar-refractivity contribution < 1.29 is 22.7 Å². The summed E-state index contributed by atoms with van der Waals surface area (Å²) in [6.45, 7) is 5.68. The molecule has 5 nitrogen and oxygen atoms in total. The number of rotatable bonds is 4. The molecule has 0 saturated heterocycles. The van der Waals surface area contributed by atoms with Gasteiger partial charge in [0.2, 0.25) is 0 Å². The van der Waals surface area contributed by atoms with Gasteiger partial charge in [-0.25, -0.2) is 4.79 Å². The molecule has 0 atom stereocenters. The van der Waals surface area contributed by atoms with Crippen LogP contribution in [0.5, 0.6) is 0 Å². The third-order valence-corrected chi connectivity index (χ3v) is 3.20. The highest BCUT2D eigenvalue weighted by atomic mass is 35.5. The molecule has 0 aliphatic carbocycles. The number of carbonyl (C=O) groups excluding carboxylic acids is 1. The summed E-state index contributed by atoms with van der Waals surface area (Å²) in [5, 5.41) is 8.03. The number of anilines is 1. The maximum Gasteiger partial charge on any atom is 0.416 e. The average molecular weight is 398 g/mol. The first-order valence-corrected chi connectivity index (χ1v) is 8.05. The lowest BCUT2D eigenvalue weighted by molar-refractivity contribution is -0.137. The zero-order chi connectivity index (χ0) is 19.3. The highest BCUT2D eigenvalue weighted by Gasteiger charge is 2.31. The summed E-state index contributed by atoms with van der Waals surface area (Å²) in [6.07, 6.45) is -5.05. The first-order valence-electron chi connectivity index (χ1n) is 7.27. The van der Waals surface area contributed by atoms with E-state index in [9.17, 15) is 18.0 Å². The van der Waals surface area contributed by atoms with E-state index in [1.807, 2.05) is 0 Å². The van der Waals surface area contributed by atoms with Crippen molar-refractivity contribution in [2.45, 2.75) is 32.5 Å². The molecule has 10 heteroatoms. The summed E-state index contributed by atoms with van der Waals surface area (Å²) in [7, 11) is 0. The number of alkyl halides is 3. The monoisotopic (exact) mass is 397 g/mol. The topological polar surface area (TPSA) is 62.4 Å². The fraction of sp³-hybridized carbons (Fsp3) is 0.467. The zero-order valence-corrected chi connectivity index (χ0v) is 15.5. The molecule has 1 aromatic carbocycles. The maximum atomic E-state index is 12.7. The third kappa shape index (κ3) is 8.26. The van der Waals surface area contributed by atoms with E-state index in [4.69, 9.17) is 28.6 Å². The van der Waals surface area contributed by atoms with Gasteiger partial charge in [0.1, 0.15) is 5.60 Å². The number of nitrogens with one attached hydrogen (secondary N) is 3. The van der Waals surface area contributed by atoms with Crippen molar-refractivity contribution in [3.05, 3.63) is 28.8 Å². The molecule has 3 N–H and O–H groups in total. The van der Waals surface area contributed by atoms with E-state index >= 15 is 0 Å².